The van der Waals surface area contributed by atoms with E-state index in [1.807, 2.05) is 0 Å². The van der Waals surface area contributed by atoms with Gasteiger partial charge in [-0.2, -0.15) is 0 Å². The second-order valence-electron chi connectivity index (χ2n) is 5.50. The molecule has 1 heterocycles. The Morgan fingerprint density at radius 3 is 2.29 bits per heavy atom. The highest BCUT2D eigenvalue weighted by atomic mass is 32.2. The van der Waals surface area contributed by atoms with Crippen molar-refractivity contribution in [2.45, 2.75) is 18.9 Å². The molecule has 0 aliphatic carbocycles. The Balaban J connectivity index is 1.94. The number of piperidine rings is 1. The molecule has 1 amide bonds. The number of rotatable bonds is 4. The van der Waals surface area contributed by atoms with Gasteiger partial charge in [-0.3, -0.25) is 9.52 Å². The standard InChI is InChI=1S/C14H21N3O3S/c1-17-9-7-12(8-10-17)15-14(18)11-3-5-13(6-4-11)16-21(2,19)20/h3-6,12,16H,7-10H2,1-2H3,(H,15,18). The first-order valence-corrected chi connectivity index (χ1v) is 8.80. The minimum absolute atomic E-state index is 0.115. The van der Waals surface area contributed by atoms with Crippen molar-refractivity contribution >= 4 is 21.6 Å². The van der Waals surface area contributed by atoms with Crippen LogP contribution >= 0.6 is 0 Å². The van der Waals surface area contributed by atoms with Crippen molar-refractivity contribution in [2.24, 2.45) is 0 Å². The van der Waals surface area contributed by atoms with Crippen LogP contribution in [-0.4, -0.2) is 51.7 Å². The molecule has 1 aliphatic heterocycles. The van der Waals surface area contributed by atoms with Crippen molar-refractivity contribution in [3.8, 4) is 0 Å². The van der Waals surface area contributed by atoms with Gasteiger partial charge in [0.15, 0.2) is 0 Å². The lowest BCUT2D eigenvalue weighted by molar-refractivity contribution is 0.0917. The molecule has 1 aromatic rings. The first kappa shape index (κ1) is 15.8. The van der Waals surface area contributed by atoms with Crippen molar-refractivity contribution < 1.29 is 13.2 Å². The van der Waals surface area contributed by atoms with Crippen LogP contribution in [0.25, 0.3) is 0 Å². The molecule has 1 aliphatic rings. The summed E-state index contributed by atoms with van der Waals surface area (Å²) in [6.07, 6.45) is 3.00. The van der Waals surface area contributed by atoms with Gasteiger partial charge in [0.25, 0.3) is 5.91 Å². The Bertz CT molecular complexity index is 590. The zero-order valence-corrected chi connectivity index (χ0v) is 13.1. The molecule has 2 N–H and O–H groups in total. The SMILES string of the molecule is CN1CCC(NC(=O)c2ccc(NS(C)(=O)=O)cc2)CC1. The van der Waals surface area contributed by atoms with Crippen LogP contribution in [0.2, 0.25) is 0 Å². The summed E-state index contributed by atoms with van der Waals surface area (Å²) in [5.41, 5.74) is 0.987. The van der Waals surface area contributed by atoms with Crippen LogP contribution < -0.4 is 10.0 Å². The highest BCUT2D eigenvalue weighted by Gasteiger charge is 2.19. The smallest absolute Gasteiger partial charge is 0.251 e. The molecule has 1 fully saturated rings. The number of amides is 1. The fourth-order valence-electron chi connectivity index (χ4n) is 2.33. The van der Waals surface area contributed by atoms with Gasteiger partial charge in [-0.1, -0.05) is 0 Å². The normalized spacial score (nSPS) is 17.4. The summed E-state index contributed by atoms with van der Waals surface area (Å²) < 4.78 is 24.6. The molecule has 1 aromatic carbocycles. The molecular weight excluding hydrogens is 290 g/mol. The average Bonchev–Trinajstić information content (AvgIpc) is 2.40. The minimum atomic E-state index is -3.29. The van der Waals surface area contributed by atoms with Crippen molar-refractivity contribution in [3.05, 3.63) is 29.8 Å². The summed E-state index contributed by atoms with van der Waals surface area (Å²) in [5, 5.41) is 3.02. The lowest BCUT2D eigenvalue weighted by Gasteiger charge is -2.29. The van der Waals surface area contributed by atoms with E-state index in [0.717, 1.165) is 32.2 Å². The Kier molecular flexibility index (Phi) is 4.84. The summed E-state index contributed by atoms with van der Waals surface area (Å²) in [4.78, 5) is 14.4. The fourth-order valence-corrected chi connectivity index (χ4v) is 2.89. The molecule has 1 saturated heterocycles. The van der Waals surface area contributed by atoms with Gasteiger partial charge in [-0.25, -0.2) is 8.42 Å². The largest absolute Gasteiger partial charge is 0.349 e. The number of carbonyl (C=O) groups excluding carboxylic acids is 1. The van der Waals surface area contributed by atoms with E-state index in [4.69, 9.17) is 0 Å². The number of likely N-dealkylation sites (tertiary alicyclic amines) is 1. The van der Waals surface area contributed by atoms with Crippen LogP contribution in [0.1, 0.15) is 23.2 Å². The maximum absolute atomic E-state index is 12.1. The number of carbonyl (C=O) groups is 1. The molecule has 116 valence electrons. The number of sulfonamides is 1. The number of nitrogens with one attached hydrogen (secondary N) is 2. The number of hydrogen-bond donors (Lipinski definition) is 2. The predicted octanol–water partition coefficient (Wildman–Crippen LogP) is 0.882. The van der Waals surface area contributed by atoms with E-state index in [0.29, 0.717) is 11.3 Å². The highest BCUT2D eigenvalue weighted by molar-refractivity contribution is 7.92. The topological polar surface area (TPSA) is 78.5 Å². The second-order valence-corrected chi connectivity index (χ2v) is 7.25. The first-order valence-electron chi connectivity index (χ1n) is 6.91. The van der Waals surface area contributed by atoms with E-state index >= 15 is 0 Å². The van der Waals surface area contributed by atoms with Gasteiger partial charge >= 0.3 is 0 Å². The molecule has 0 unspecified atom stereocenters. The lowest BCUT2D eigenvalue weighted by atomic mass is 10.0. The van der Waals surface area contributed by atoms with Crippen LogP contribution in [-0.2, 0) is 10.0 Å². The van der Waals surface area contributed by atoms with Gasteiger partial charge < -0.3 is 10.2 Å². The summed E-state index contributed by atoms with van der Waals surface area (Å²) >= 11 is 0. The molecule has 0 radical (unpaired) electrons. The van der Waals surface area contributed by atoms with E-state index in [-0.39, 0.29) is 11.9 Å². The average molecular weight is 311 g/mol. The molecule has 21 heavy (non-hydrogen) atoms. The molecule has 0 spiro atoms. The minimum Gasteiger partial charge on any atom is -0.349 e. The molecular formula is C14H21N3O3S. The third-order valence-corrected chi connectivity index (χ3v) is 4.11. The van der Waals surface area contributed by atoms with E-state index in [1.54, 1.807) is 24.3 Å². The van der Waals surface area contributed by atoms with Crippen molar-refractivity contribution in [2.75, 3.05) is 31.1 Å². The quantitative estimate of drug-likeness (QED) is 0.865. The molecule has 0 bridgehead atoms. The molecule has 0 saturated carbocycles. The first-order chi connectivity index (χ1) is 9.83. The number of nitrogens with zero attached hydrogens (tertiary/aromatic N) is 1. The monoisotopic (exact) mass is 311 g/mol. The molecule has 6 nitrogen and oxygen atoms in total. The Labute approximate surface area is 125 Å². The summed E-state index contributed by atoms with van der Waals surface area (Å²) in [6.45, 7) is 1.98. The number of hydrogen-bond acceptors (Lipinski definition) is 4. The summed E-state index contributed by atoms with van der Waals surface area (Å²) in [5.74, 6) is -0.115. The number of benzene rings is 1. The lowest BCUT2D eigenvalue weighted by Crippen LogP contribution is -2.43. The highest BCUT2D eigenvalue weighted by Crippen LogP contribution is 2.13. The second kappa shape index (κ2) is 6.44. The molecule has 7 heteroatoms. The maximum Gasteiger partial charge on any atom is 0.251 e. The van der Waals surface area contributed by atoms with Crippen LogP contribution in [0.15, 0.2) is 24.3 Å². The zero-order valence-electron chi connectivity index (χ0n) is 12.3. The molecule has 2 rings (SSSR count). The van der Waals surface area contributed by atoms with Crippen LogP contribution in [0.5, 0.6) is 0 Å². The van der Waals surface area contributed by atoms with Crippen molar-refractivity contribution in [3.63, 3.8) is 0 Å². The van der Waals surface area contributed by atoms with Crippen LogP contribution in [0, 0.1) is 0 Å². The molecule has 0 atom stereocenters. The van der Waals surface area contributed by atoms with Crippen molar-refractivity contribution in [1.82, 2.24) is 10.2 Å². The van der Waals surface area contributed by atoms with E-state index < -0.39 is 10.0 Å². The van der Waals surface area contributed by atoms with E-state index in [9.17, 15) is 13.2 Å². The van der Waals surface area contributed by atoms with Crippen LogP contribution in [0.3, 0.4) is 0 Å². The van der Waals surface area contributed by atoms with Gasteiger partial charge in [0.2, 0.25) is 10.0 Å². The number of anilines is 1. The summed E-state index contributed by atoms with van der Waals surface area (Å²) in [7, 11) is -1.22. The van der Waals surface area contributed by atoms with Gasteiger partial charge in [-0.05, 0) is 57.2 Å². The third-order valence-electron chi connectivity index (χ3n) is 3.50. The van der Waals surface area contributed by atoms with Gasteiger partial charge in [0, 0.05) is 17.3 Å². The maximum atomic E-state index is 12.1. The van der Waals surface area contributed by atoms with E-state index in [2.05, 4.69) is 22.0 Å². The van der Waals surface area contributed by atoms with Crippen LogP contribution in [0.4, 0.5) is 5.69 Å². The Hall–Kier alpha value is -1.60. The van der Waals surface area contributed by atoms with Gasteiger partial charge in [-0.15, -0.1) is 0 Å². The van der Waals surface area contributed by atoms with Gasteiger partial charge in [0.1, 0.15) is 0 Å². The van der Waals surface area contributed by atoms with Gasteiger partial charge in [0.05, 0.1) is 6.26 Å². The summed E-state index contributed by atoms with van der Waals surface area (Å²) in [6, 6.07) is 6.63. The van der Waals surface area contributed by atoms with Crippen molar-refractivity contribution in [1.29, 1.82) is 0 Å². The zero-order chi connectivity index (χ0) is 15.5. The fraction of sp³-hybridized carbons (Fsp3) is 0.500. The van der Waals surface area contributed by atoms with E-state index in [1.165, 1.54) is 0 Å². The Morgan fingerprint density at radius 1 is 1.19 bits per heavy atom. The predicted molar refractivity (Wildman–Crippen MR) is 82.9 cm³/mol. The Morgan fingerprint density at radius 2 is 1.76 bits per heavy atom. The molecule has 0 aromatic heterocycles. The third kappa shape index (κ3) is 5.02.